The minimum atomic E-state index is -0.260. The highest BCUT2D eigenvalue weighted by molar-refractivity contribution is 5.97. The van der Waals surface area contributed by atoms with Crippen molar-refractivity contribution in [2.45, 2.75) is 46.5 Å². The predicted octanol–water partition coefficient (Wildman–Crippen LogP) is 4.35. The number of ketones is 1. The van der Waals surface area contributed by atoms with Crippen LogP contribution in [0.25, 0.3) is 0 Å². The van der Waals surface area contributed by atoms with Gasteiger partial charge in [-0.1, -0.05) is 13.8 Å². The Labute approximate surface area is 121 Å². The lowest BCUT2D eigenvalue weighted by molar-refractivity contribution is 0.0980. The summed E-state index contributed by atoms with van der Waals surface area (Å²) in [5, 5.41) is 0. The van der Waals surface area contributed by atoms with Crippen LogP contribution >= 0.6 is 0 Å². The molecule has 1 heterocycles. The number of hydrogen-bond acceptors (Lipinski definition) is 2. The topological polar surface area (TPSA) is 20.3 Å². The molecule has 1 fully saturated rings. The molecule has 0 saturated carbocycles. The average molecular weight is 277 g/mol. The van der Waals surface area contributed by atoms with Gasteiger partial charge in [-0.3, -0.25) is 4.79 Å². The van der Waals surface area contributed by atoms with E-state index >= 15 is 0 Å². The number of halogens is 1. The van der Waals surface area contributed by atoms with Crippen LogP contribution in [0.3, 0.4) is 0 Å². The van der Waals surface area contributed by atoms with E-state index in [2.05, 4.69) is 11.8 Å². The van der Waals surface area contributed by atoms with Crippen LogP contribution in [0.1, 0.15) is 55.5 Å². The quantitative estimate of drug-likeness (QED) is 0.762. The molecule has 1 aromatic rings. The number of Topliss-reactive ketones (excluding diaryl/α,β-unsaturated/α-hetero) is 1. The molecule has 0 unspecified atom stereocenters. The molecule has 1 saturated heterocycles. The molecule has 1 aliphatic rings. The predicted molar refractivity (Wildman–Crippen MR) is 81.0 cm³/mol. The van der Waals surface area contributed by atoms with E-state index in [0.717, 1.165) is 43.8 Å². The number of nitrogens with zero attached hydrogens (tertiary/aromatic N) is 1. The molecule has 0 spiro atoms. The van der Waals surface area contributed by atoms with Gasteiger partial charge in [0.05, 0.1) is 5.69 Å². The summed E-state index contributed by atoms with van der Waals surface area (Å²) >= 11 is 0. The molecule has 1 aromatic carbocycles. The van der Waals surface area contributed by atoms with Gasteiger partial charge in [-0.25, -0.2) is 4.39 Å². The molecule has 0 aliphatic carbocycles. The highest BCUT2D eigenvalue weighted by atomic mass is 19.1. The molecule has 0 radical (unpaired) electrons. The SMILES string of the molecule is CCCC(=O)c1cc(F)c(N2CCC(C)CC2)cc1C. The zero-order valence-electron chi connectivity index (χ0n) is 12.7. The second kappa shape index (κ2) is 6.38. The normalized spacial score (nSPS) is 16.5. The molecule has 2 nitrogen and oxygen atoms in total. The summed E-state index contributed by atoms with van der Waals surface area (Å²) in [6.07, 6.45) is 3.50. The first-order chi connectivity index (χ1) is 9.52. The van der Waals surface area contributed by atoms with Crippen molar-refractivity contribution in [2.24, 2.45) is 5.92 Å². The van der Waals surface area contributed by atoms with Crippen molar-refractivity contribution < 1.29 is 9.18 Å². The van der Waals surface area contributed by atoms with Crippen LogP contribution in [0.2, 0.25) is 0 Å². The van der Waals surface area contributed by atoms with Crippen LogP contribution in [0, 0.1) is 18.7 Å². The van der Waals surface area contributed by atoms with Gasteiger partial charge in [0, 0.05) is 25.1 Å². The molecule has 20 heavy (non-hydrogen) atoms. The minimum absolute atomic E-state index is 0.0442. The highest BCUT2D eigenvalue weighted by Gasteiger charge is 2.20. The molecule has 1 aliphatic heterocycles. The largest absolute Gasteiger partial charge is 0.369 e. The van der Waals surface area contributed by atoms with Crippen LogP contribution in [0.15, 0.2) is 12.1 Å². The van der Waals surface area contributed by atoms with E-state index in [-0.39, 0.29) is 11.6 Å². The number of carbonyl (C=O) groups excluding carboxylic acids is 1. The molecule has 0 N–H and O–H groups in total. The van der Waals surface area contributed by atoms with Gasteiger partial charge >= 0.3 is 0 Å². The Morgan fingerprint density at radius 1 is 1.35 bits per heavy atom. The van der Waals surface area contributed by atoms with Gasteiger partial charge in [0.2, 0.25) is 0 Å². The third-order valence-corrected chi connectivity index (χ3v) is 4.20. The first-order valence-electron chi connectivity index (χ1n) is 7.61. The number of anilines is 1. The number of aryl methyl sites for hydroxylation is 1. The van der Waals surface area contributed by atoms with Crippen LogP contribution < -0.4 is 4.90 Å². The van der Waals surface area contributed by atoms with Crippen LogP contribution in [-0.4, -0.2) is 18.9 Å². The van der Waals surface area contributed by atoms with Crippen molar-refractivity contribution in [2.75, 3.05) is 18.0 Å². The van der Waals surface area contributed by atoms with Gasteiger partial charge in [-0.2, -0.15) is 0 Å². The summed E-state index contributed by atoms with van der Waals surface area (Å²) in [6.45, 7) is 7.91. The number of rotatable bonds is 4. The molecular weight excluding hydrogens is 253 g/mol. The highest BCUT2D eigenvalue weighted by Crippen LogP contribution is 2.28. The van der Waals surface area contributed by atoms with Gasteiger partial charge in [0.25, 0.3) is 0 Å². The zero-order valence-corrected chi connectivity index (χ0v) is 12.7. The molecule has 3 heteroatoms. The fourth-order valence-corrected chi connectivity index (χ4v) is 2.82. The average Bonchev–Trinajstić information content (AvgIpc) is 2.42. The van der Waals surface area contributed by atoms with Crippen molar-refractivity contribution in [1.29, 1.82) is 0 Å². The van der Waals surface area contributed by atoms with Crippen molar-refractivity contribution in [3.05, 3.63) is 29.1 Å². The summed E-state index contributed by atoms with van der Waals surface area (Å²) in [6, 6.07) is 3.27. The van der Waals surface area contributed by atoms with E-state index in [0.29, 0.717) is 17.7 Å². The van der Waals surface area contributed by atoms with E-state index in [1.165, 1.54) is 6.07 Å². The number of piperidine rings is 1. The maximum absolute atomic E-state index is 14.3. The Morgan fingerprint density at radius 2 is 2.00 bits per heavy atom. The number of hydrogen-bond donors (Lipinski definition) is 0. The van der Waals surface area contributed by atoms with Gasteiger partial charge < -0.3 is 4.90 Å². The van der Waals surface area contributed by atoms with Gasteiger partial charge in [-0.05, 0) is 49.8 Å². The molecule has 110 valence electrons. The summed E-state index contributed by atoms with van der Waals surface area (Å²) in [5.41, 5.74) is 2.08. The Balaban J connectivity index is 2.24. The van der Waals surface area contributed by atoms with Crippen LogP contribution in [0.5, 0.6) is 0 Å². The van der Waals surface area contributed by atoms with Crippen LogP contribution in [-0.2, 0) is 0 Å². The number of benzene rings is 1. The third-order valence-electron chi connectivity index (χ3n) is 4.20. The standard InChI is InChI=1S/C17H24FNO/c1-4-5-17(20)14-11-15(18)16(10-13(14)3)19-8-6-12(2)7-9-19/h10-12H,4-9H2,1-3H3. The Hall–Kier alpha value is -1.38. The summed E-state index contributed by atoms with van der Waals surface area (Å²) in [7, 11) is 0. The Bertz CT molecular complexity index is 490. The summed E-state index contributed by atoms with van der Waals surface area (Å²) in [5.74, 6) is 0.508. The smallest absolute Gasteiger partial charge is 0.163 e. The summed E-state index contributed by atoms with van der Waals surface area (Å²) in [4.78, 5) is 14.1. The minimum Gasteiger partial charge on any atom is -0.369 e. The lowest BCUT2D eigenvalue weighted by Gasteiger charge is -2.32. The van der Waals surface area contributed by atoms with E-state index in [1.807, 2.05) is 19.9 Å². The maximum atomic E-state index is 14.3. The molecule has 0 bridgehead atoms. The first-order valence-corrected chi connectivity index (χ1v) is 7.61. The Morgan fingerprint density at radius 3 is 2.60 bits per heavy atom. The lowest BCUT2D eigenvalue weighted by Crippen LogP contribution is -2.33. The number of carbonyl (C=O) groups is 1. The zero-order chi connectivity index (χ0) is 14.7. The lowest BCUT2D eigenvalue weighted by atomic mass is 9.97. The third kappa shape index (κ3) is 3.20. The molecule has 0 aromatic heterocycles. The molecule has 0 atom stereocenters. The van der Waals surface area contributed by atoms with Gasteiger partial charge in [0.15, 0.2) is 5.78 Å². The van der Waals surface area contributed by atoms with E-state index in [1.54, 1.807) is 0 Å². The van der Waals surface area contributed by atoms with Crippen molar-refractivity contribution in [3.8, 4) is 0 Å². The van der Waals surface area contributed by atoms with Gasteiger partial charge in [0.1, 0.15) is 5.82 Å². The van der Waals surface area contributed by atoms with E-state index in [4.69, 9.17) is 0 Å². The first kappa shape index (κ1) is 15.0. The van der Waals surface area contributed by atoms with E-state index < -0.39 is 0 Å². The molecule has 2 rings (SSSR count). The van der Waals surface area contributed by atoms with Crippen molar-refractivity contribution in [3.63, 3.8) is 0 Å². The van der Waals surface area contributed by atoms with Crippen molar-refractivity contribution >= 4 is 11.5 Å². The van der Waals surface area contributed by atoms with Gasteiger partial charge in [-0.15, -0.1) is 0 Å². The molecule has 0 amide bonds. The van der Waals surface area contributed by atoms with Crippen LogP contribution in [0.4, 0.5) is 10.1 Å². The fraction of sp³-hybridized carbons (Fsp3) is 0.588. The Kier molecular flexibility index (Phi) is 4.79. The fourth-order valence-electron chi connectivity index (χ4n) is 2.82. The van der Waals surface area contributed by atoms with E-state index in [9.17, 15) is 9.18 Å². The summed E-state index contributed by atoms with van der Waals surface area (Å²) < 4.78 is 14.3. The molecular formula is C17H24FNO. The van der Waals surface area contributed by atoms with Crippen molar-refractivity contribution in [1.82, 2.24) is 0 Å². The maximum Gasteiger partial charge on any atom is 0.163 e. The monoisotopic (exact) mass is 277 g/mol. The second-order valence-corrected chi connectivity index (χ2v) is 5.96. The second-order valence-electron chi connectivity index (χ2n) is 5.96.